The molecule has 0 bridgehead atoms. The first kappa shape index (κ1) is 14.4. The highest BCUT2D eigenvalue weighted by molar-refractivity contribution is 5.22. The normalized spacial score (nSPS) is 24.2. The quantitative estimate of drug-likeness (QED) is 0.845. The Balaban J connectivity index is 2.04. The van der Waals surface area contributed by atoms with Gasteiger partial charge in [-0.05, 0) is 49.8 Å². The molecule has 1 saturated carbocycles. The van der Waals surface area contributed by atoms with E-state index in [9.17, 15) is 8.78 Å². The van der Waals surface area contributed by atoms with Crippen molar-refractivity contribution in [1.29, 1.82) is 0 Å². The molecule has 1 aromatic carbocycles. The second-order valence-electron chi connectivity index (χ2n) is 6.51. The van der Waals surface area contributed by atoms with Crippen LogP contribution in [0.1, 0.15) is 58.1 Å². The van der Waals surface area contributed by atoms with Crippen LogP contribution in [0.2, 0.25) is 0 Å². The van der Waals surface area contributed by atoms with Crippen molar-refractivity contribution >= 4 is 0 Å². The lowest BCUT2D eigenvalue weighted by atomic mass is 9.75. The first-order valence-corrected chi connectivity index (χ1v) is 7.08. The summed E-state index contributed by atoms with van der Waals surface area (Å²) < 4.78 is 26.9. The number of hydrogen-bond donors (Lipinski definition) is 1. The summed E-state index contributed by atoms with van der Waals surface area (Å²) in [6.45, 7) is 6.45. The average Bonchev–Trinajstić information content (AvgIpc) is 2.31. The summed E-state index contributed by atoms with van der Waals surface area (Å²) in [5.74, 6) is -0.717. The van der Waals surface area contributed by atoms with Gasteiger partial charge in [-0.2, -0.15) is 0 Å². The van der Waals surface area contributed by atoms with Gasteiger partial charge in [-0.25, -0.2) is 8.78 Å². The first-order valence-electron chi connectivity index (χ1n) is 7.08. The van der Waals surface area contributed by atoms with Crippen LogP contribution < -0.4 is 5.32 Å². The fraction of sp³-hybridized carbons (Fsp3) is 0.625. The van der Waals surface area contributed by atoms with E-state index in [4.69, 9.17) is 0 Å². The fourth-order valence-corrected chi connectivity index (χ4v) is 3.13. The molecule has 2 rings (SSSR count). The molecule has 1 N–H and O–H groups in total. The zero-order valence-electron chi connectivity index (χ0n) is 12.0. The molecule has 2 atom stereocenters. The number of halogens is 2. The molecule has 1 nitrogen and oxygen atoms in total. The van der Waals surface area contributed by atoms with Gasteiger partial charge in [-0.1, -0.05) is 20.3 Å². The SMILES string of the molecule is CC(NC1CCCC(C)(C)C1)c1cc(F)ccc1F. The zero-order chi connectivity index (χ0) is 14.0. The number of hydrogen-bond acceptors (Lipinski definition) is 1. The Morgan fingerprint density at radius 2 is 2.05 bits per heavy atom. The first-order chi connectivity index (χ1) is 8.87. The topological polar surface area (TPSA) is 12.0 Å². The number of nitrogens with one attached hydrogen (secondary N) is 1. The van der Waals surface area contributed by atoms with Crippen molar-refractivity contribution in [3.63, 3.8) is 0 Å². The summed E-state index contributed by atoms with van der Waals surface area (Å²) in [6, 6.07) is 3.89. The van der Waals surface area contributed by atoms with Gasteiger partial charge < -0.3 is 5.32 Å². The molecule has 19 heavy (non-hydrogen) atoms. The van der Waals surface area contributed by atoms with E-state index in [1.165, 1.54) is 25.0 Å². The summed E-state index contributed by atoms with van der Waals surface area (Å²) in [4.78, 5) is 0. The van der Waals surface area contributed by atoms with Crippen molar-refractivity contribution in [3.8, 4) is 0 Å². The summed E-state index contributed by atoms with van der Waals surface area (Å²) in [6.07, 6.45) is 4.65. The Labute approximate surface area is 114 Å². The Morgan fingerprint density at radius 3 is 2.74 bits per heavy atom. The van der Waals surface area contributed by atoms with Gasteiger partial charge in [-0.3, -0.25) is 0 Å². The van der Waals surface area contributed by atoms with E-state index in [0.717, 1.165) is 18.9 Å². The van der Waals surface area contributed by atoms with Crippen molar-refractivity contribution in [2.75, 3.05) is 0 Å². The molecule has 1 aromatic rings. The van der Waals surface area contributed by atoms with Crippen LogP contribution in [0, 0.1) is 17.0 Å². The van der Waals surface area contributed by atoms with E-state index in [1.54, 1.807) is 0 Å². The second kappa shape index (κ2) is 5.58. The molecule has 106 valence electrons. The maximum Gasteiger partial charge on any atom is 0.128 e. The molecule has 0 heterocycles. The predicted molar refractivity (Wildman–Crippen MR) is 73.9 cm³/mol. The number of benzene rings is 1. The van der Waals surface area contributed by atoms with Gasteiger partial charge in [0.05, 0.1) is 0 Å². The average molecular weight is 267 g/mol. The van der Waals surface area contributed by atoms with Crippen LogP contribution in [0.3, 0.4) is 0 Å². The Morgan fingerprint density at radius 1 is 1.32 bits per heavy atom. The molecule has 1 aliphatic carbocycles. The Kier molecular flexibility index (Phi) is 4.24. The van der Waals surface area contributed by atoms with Crippen LogP contribution in [0.5, 0.6) is 0 Å². The molecule has 0 aromatic heterocycles. The minimum absolute atomic E-state index is 0.158. The minimum atomic E-state index is -0.381. The van der Waals surface area contributed by atoms with Crippen molar-refractivity contribution in [3.05, 3.63) is 35.4 Å². The van der Waals surface area contributed by atoms with Crippen molar-refractivity contribution in [1.82, 2.24) is 5.32 Å². The molecule has 0 aliphatic heterocycles. The molecule has 0 amide bonds. The van der Waals surface area contributed by atoms with Gasteiger partial charge in [0.15, 0.2) is 0 Å². The molecule has 0 radical (unpaired) electrons. The van der Waals surface area contributed by atoms with Crippen LogP contribution in [0.4, 0.5) is 8.78 Å². The highest BCUT2D eigenvalue weighted by Crippen LogP contribution is 2.36. The molecular formula is C16H23F2N. The van der Waals surface area contributed by atoms with Gasteiger partial charge >= 0.3 is 0 Å². The maximum absolute atomic E-state index is 13.7. The van der Waals surface area contributed by atoms with Gasteiger partial charge in [0, 0.05) is 17.6 Å². The van der Waals surface area contributed by atoms with E-state index >= 15 is 0 Å². The van der Waals surface area contributed by atoms with Crippen LogP contribution in [-0.4, -0.2) is 6.04 Å². The minimum Gasteiger partial charge on any atom is -0.307 e. The van der Waals surface area contributed by atoms with E-state index in [2.05, 4.69) is 19.2 Å². The molecule has 3 heteroatoms. The lowest BCUT2D eigenvalue weighted by Crippen LogP contribution is -2.38. The van der Waals surface area contributed by atoms with Gasteiger partial charge in [-0.15, -0.1) is 0 Å². The third-order valence-electron chi connectivity index (χ3n) is 4.12. The zero-order valence-corrected chi connectivity index (χ0v) is 12.0. The maximum atomic E-state index is 13.7. The third-order valence-corrected chi connectivity index (χ3v) is 4.12. The van der Waals surface area contributed by atoms with Crippen LogP contribution in [0.15, 0.2) is 18.2 Å². The molecule has 0 saturated heterocycles. The van der Waals surface area contributed by atoms with E-state index in [0.29, 0.717) is 17.0 Å². The lowest BCUT2D eigenvalue weighted by molar-refractivity contribution is 0.190. The molecule has 2 unspecified atom stereocenters. The molecule has 1 fully saturated rings. The smallest absolute Gasteiger partial charge is 0.128 e. The number of rotatable bonds is 3. The second-order valence-corrected chi connectivity index (χ2v) is 6.51. The molecular weight excluding hydrogens is 244 g/mol. The molecule has 0 spiro atoms. The fourth-order valence-electron chi connectivity index (χ4n) is 3.13. The highest BCUT2D eigenvalue weighted by Gasteiger charge is 2.29. The molecule has 1 aliphatic rings. The van der Waals surface area contributed by atoms with E-state index in [1.807, 2.05) is 6.92 Å². The Bertz CT molecular complexity index is 442. The van der Waals surface area contributed by atoms with E-state index in [-0.39, 0.29) is 17.7 Å². The summed E-state index contributed by atoms with van der Waals surface area (Å²) in [5, 5.41) is 3.45. The van der Waals surface area contributed by atoms with Crippen molar-refractivity contribution < 1.29 is 8.78 Å². The monoisotopic (exact) mass is 267 g/mol. The van der Waals surface area contributed by atoms with Crippen LogP contribution in [0.25, 0.3) is 0 Å². The van der Waals surface area contributed by atoms with E-state index < -0.39 is 0 Å². The third kappa shape index (κ3) is 3.75. The highest BCUT2D eigenvalue weighted by atomic mass is 19.1. The summed E-state index contributed by atoms with van der Waals surface area (Å²) in [7, 11) is 0. The van der Waals surface area contributed by atoms with Gasteiger partial charge in [0.2, 0.25) is 0 Å². The van der Waals surface area contributed by atoms with Gasteiger partial charge in [0.1, 0.15) is 11.6 Å². The standard InChI is InChI=1S/C16H23F2N/c1-11(14-9-12(17)6-7-15(14)18)19-13-5-4-8-16(2,3)10-13/h6-7,9,11,13,19H,4-5,8,10H2,1-3H3. The Hall–Kier alpha value is -0.960. The van der Waals surface area contributed by atoms with Crippen molar-refractivity contribution in [2.24, 2.45) is 5.41 Å². The summed E-state index contributed by atoms with van der Waals surface area (Å²) in [5.41, 5.74) is 0.763. The van der Waals surface area contributed by atoms with Gasteiger partial charge in [0.25, 0.3) is 0 Å². The van der Waals surface area contributed by atoms with Crippen LogP contribution >= 0.6 is 0 Å². The largest absolute Gasteiger partial charge is 0.307 e. The summed E-state index contributed by atoms with van der Waals surface area (Å²) >= 11 is 0. The van der Waals surface area contributed by atoms with Crippen LogP contribution in [-0.2, 0) is 0 Å². The predicted octanol–water partition coefficient (Wildman–Crippen LogP) is 4.58. The van der Waals surface area contributed by atoms with Crippen molar-refractivity contribution in [2.45, 2.75) is 58.5 Å². The lowest BCUT2D eigenvalue weighted by Gasteiger charge is -2.37.